The van der Waals surface area contributed by atoms with Crippen LogP contribution < -0.4 is 10.6 Å². The van der Waals surface area contributed by atoms with Crippen molar-refractivity contribution >= 4 is 23.2 Å². The fraction of sp³-hybridized carbons (Fsp3) is 0.364. The van der Waals surface area contributed by atoms with Crippen molar-refractivity contribution in [2.45, 2.75) is 33.2 Å². The number of rotatable bonds is 5. The molecule has 3 rings (SSSR count). The third kappa shape index (κ3) is 5.41. The first-order chi connectivity index (χ1) is 13.0. The summed E-state index contributed by atoms with van der Waals surface area (Å²) in [7, 11) is 0. The third-order valence-corrected chi connectivity index (χ3v) is 5.09. The molecule has 0 bridgehead atoms. The van der Waals surface area contributed by atoms with Crippen molar-refractivity contribution in [3.8, 4) is 0 Å². The smallest absolute Gasteiger partial charge is 0.227 e. The van der Waals surface area contributed by atoms with Crippen LogP contribution in [0.15, 0.2) is 48.5 Å². The van der Waals surface area contributed by atoms with Gasteiger partial charge in [-0.05, 0) is 68.2 Å². The summed E-state index contributed by atoms with van der Waals surface area (Å²) in [6, 6.07) is 15.7. The van der Waals surface area contributed by atoms with E-state index in [9.17, 15) is 9.59 Å². The fourth-order valence-corrected chi connectivity index (χ4v) is 3.47. The number of aryl methyl sites for hydroxylation is 1. The van der Waals surface area contributed by atoms with Crippen molar-refractivity contribution in [3.63, 3.8) is 0 Å². The standard InChI is InChI=1S/C22H27N3O2/c1-16-5-3-4-6-19(16)15-25-13-11-18(12-14-25)22(27)24-21-9-7-20(8-10-21)23-17(2)26/h3-10,18H,11-15H2,1-2H3,(H,23,26)(H,24,27). The minimum absolute atomic E-state index is 0.0492. The van der Waals surface area contributed by atoms with Crippen molar-refractivity contribution in [1.29, 1.82) is 0 Å². The van der Waals surface area contributed by atoms with Gasteiger partial charge in [-0.1, -0.05) is 24.3 Å². The molecule has 1 heterocycles. The van der Waals surface area contributed by atoms with Crippen molar-refractivity contribution in [2.24, 2.45) is 5.92 Å². The molecular formula is C22H27N3O2. The average Bonchev–Trinajstić information content (AvgIpc) is 2.65. The molecule has 2 aromatic rings. The molecule has 0 radical (unpaired) electrons. The summed E-state index contributed by atoms with van der Waals surface area (Å²) < 4.78 is 0. The van der Waals surface area contributed by atoms with Gasteiger partial charge in [-0.25, -0.2) is 0 Å². The monoisotopic (exact) mass is 365 g/mol. The number of amides is 2. The van der Waals surface area contributed by atoms with E-state index in [1.54, 1.807) is 12.1 Å². The molecule has 0 aliphatic carbocycles. The van der Waals surface area contributed by atoms with Gasteiger partial charge in [0.15, 0.2) is 0 Å². The lowest BCUT2D eigenvalue weighted by Crippen LogP contribution is -2.37. The third-order valence-electron chi connectivity index (χ3n) is 5.09. The maximum Gasteiger partial charge on any atom is 0.227 e. The minimum atomic E-state index is -0.107. The van der Waals surface area contributed by atoms with E-state index in [-0.39, 0.29) is 17.7 Å². The van der Waals surface area contributed by atoms with E-state index in [1.165, 1.54) is 18.1 Å². The first kappa shape index (κ1) is 19.1. The number of nitrogens with zero attached hydrogens (tertiary/aromatic N) is 1. The van der Waals surface area contributed by atoms with Crippen molar-refractivity contribution in [2.75, 3.05) is 23.7 Å². The molecule has 5 nitrogen and oxygen atoms in total. The fourth-order valence-electron chi connectivity index (χ4n) is 3.47. The lowest BCUT2D eigenvalue weighted by molar-refractivity contribution is -0.121. The SMILES string of the molecule is CC(=O)Nc1ccc(NC(=O)C2CCN(Cc3ccccc3C)CC2)cc1. The zero-order valence-corrected chi connectivity index (χ0v) is 16.0. The molecule has 142 valence electrons. The highest BCUT2D eigenvalue weighted by molar-refractivity contribution is 5.93. The van der Waals surface area contributed by atoms with Gasteiger partial charge in [-0.2, -0.15) is 0 Å². The van der Waals surface area contributed by atoms with Crippen molar-refractivity contribution in [1.82, 2.24) is 4.90 Å². The van der Waals surface area contributed by atoms with Crippen LogP contribution in [-0.2, 0) is 16.1 Å². The zero-order chi connectivity index (χ0) is 19.2. The second-order valence-electron chi connectivity index (χ2n) is 7.22. The molecular weight excluding hydrogens is 338 g/mol. The van der Waals surface area contributed by atoms with Crippen LogP contribution in [0.2, 0.25) is 0 Å². The van der Waals surface area contributed by atoms with Crippen LogP contribution in [0.3, 0.4) is 0 Å². The van der Waals surface area contributed by atoms with Gasteiger partial charge in [-0.15, -0.1) is 0 Å². The van der Waals surface area contributed by atoms with Crippen molar-refractivity contribution in [3.05, 3.63) is 59.7 Å². The largest absolute Gasteiger partial charge is 0.326 e. The maximum atomic E-state index is 12.5. The minimum Gasteiger partial charge on any atom is -0.326 e. The van der Waals surface area contributed by atoms with E-state index < -0.39 is 0 Å². The molecule has 27 heavy (non-hydrogen) atoms. The predicted molar refractivity (Wildman–Crippen MR) is 109 cm³/mol. The summed E-state index contributed by atoms with van der Waals surface area (Å²) in [5.41, 5.74) is 4.17. The molecule has 0 aromatic heterocycles. The molecule has 0 unspecified atom stereocenters. The van der Waals surface area contributed by atoms with Gasteiger partial charge in [0.25, 0.3) is 0 Å². The Hall–Kier alpha value is -2.66. The Balaban J connectivity index is 1.48. The van der Waals surface area contributed by atoms with E-state index in [0.717, 1.165) is 43.9 Å². The highest BCUT2D eigenvalue weighted by atomic mass is 16.2. The summed E-state index contributed by atoms with van der Waals surface area (Å²) in [5.74, 6) is 0.0233. The zero-order valence-electron chi connectivity index (χ0n) is 16.0. The predicted octanol–water partition coefficient (Wildman–Crippen LogP) is 3.80. The van der Waals surface area contributed by atoms with Crippen LogP contribution in [0.4, 0.5) is 11.4 Å². The summed E-state index contributed by atoms with van der Waals surface area (Å²) in [5, 5.41) is 5.72. The van der Waals surface area contributed by atoms with Gasteiger partial charge in [-0.3, -0.25) is 14.5 Å². The van der Waals surface area contributed by atoms with E-state index in [0.29, 0.717) is 0 Å². The van der Waals surface area contributed by atoms with Crippen LogP contribution in [-0.4, -0.2) is 29.8 Å². The van der Waals surface area contributed by atoms with Crippen molar-refractivity contribution < 1.29 is 9.59 Å². The van der Waals surface area contributed by atoms with E-state index in [4.69, 9.17) is 0 Å². The van der Waals surface area contributed by atoms with Gasteiger partial charge in [0.1, 0.15) is 0 Å². The number of carbonyl (C=O) groups excluding carboxylic acids is 2. The molecule has 1 aliphatic heterocycles. The van der Waals surface area contributed by atoms with Crippen LogP contribution in [0.1, 0.15) is 30.9 Å². The molecule has 0 saturated carbocycles. The lowest BCUT2D eigenvalue weighted by atomic mass is 9.95. The summed E-state index contributed by atoms with van der Waals surface area (Å²) in [4.78, 5) is 26.0. The molecule has 0 spiro atoms. The van der Waals surface area contributed by atoms with E-state index in [1.807, 2.05) is 12.1 Å². The highest BCUT2D eigenvalue weighted by Gasteiger charge is 2.25. The number of hydrogen-bond donors (Lipinski definition) is 2. The van der Waals surface area contributed by atoms with Crippen LogP contribution in [0.25, 0.3) is 0 Å². The Morgan fingerprint density at radius 1 is 0.963 bits per heavy atom. The second-order valence-corrected chi connectivity index (χ2v) is 7.22. The quantitative estimate of drug-likeness (QED) is 0.847. The number of nitrogens with one attached hydrogen (secondary N) is 2. The van der Waals surface area contributed by atoms with Gasteiger partial charge >= 0.3 is 0 Å². The summed E-state index contributed by atoms with van der Waals surface area (Å²) >= 11 is 0. The molecule has 1 aliphatic rings. The Kier molecular flexibility index (Phi) is 6.24. The lowest BCUT2D eigenvalue weighted by Gasteiger charge is -2.31. The number of likely N-dealkylation sites (tertiary alicyclic amines) is 1. The number of piperidine rings is 1. The van der Waals surface area contributed by atoms with E-state index in [2.05, 4.69) is 46.7 Å². The topological polar surface area (TPSA) is 61.4 Å². The Morgan fingerprint density at radius 3 is 2.15 bits per heavy atom. The second kappa shape index (κ2) is 8.82. The molecule has 2 N–H and O–H groups in total. The molecule has 1 fully saturated rings. The van der Waals surface area contributed by atoms with Gasteiger partial charge in [0.2, 0.25) is 11.8 Å². The molecule has 2 aromatic carbocycles. The highest BCUT2D eigenvalue weighted by Crippen LogP contribution is 2.22. The number of benzene rings is 2. The first-order valence-corrected chi connectivity index (χ1v) is 9.46. The van der Waals surface area contributed by atoms with Crippen LogP contribution in [0.5, 0.6) is 0 Å². The molecule has 5 heteroatoms. The Bertz CT molecular complexity index is 793. The maximum absolute atomic E-state index is 12.5. The average molecular weight is 365 g/mol. The normalized spacial score (nSPS) is 15.3. The number of hydrogen-bond acceptors (Lipinski definition) is 3. The van der Waals surface area contributed by atoms with Gasteiger partial charge < -0.3 is 10.6 Å². The molecule has 2 amide bonds. The number of anilines is 2. The van der Waals surface area contributed by atoms with Gasteiger partial charge in [0, 0.05) is 30.8 Å². The van der Waals surface area contributed by atoms with Gasteiger partial charge in [0.05, 0.1) is 0 Å². The summed E-state index contributed by atoms with van der Waals surface area (Å²) in [6.45, 7) is 6.45. The number of carbonyl (C=O) groups is 2. The summed E-state index contributed by atoms with van der Waals surface area (Å²) in [6.07, 6.45) is 1.75. The molecule has 0 atom stereocenters. The van der Waals surface area contributed by atoms with Crippen LogP contribution in [0, 0.1) is 12.8 Å². The Morgan fingerprint density at radius 2 is 1.56 bits per heavy atom. The van der Waals surface area contributed by atoms with E-state index >= 15 is 0 Å². The van der Waals surface area contributed by atoms with Crippen LogP contribution >= 0.6 is 0 Å². The Labute approximate surface area is 160 Å². The molecule has 1 saturated heterocycles. The first-order valence-electron chi connectivity index (χ1n) is 9.46.